The average Bonchev–Trinajstić information content (AvgIpc) is 2.57. The SMILES string of the molecule is COc1ccc(/C=C2/C(=O)NC(=O)N(c3cc(C)cc(C)c3)C2=O)cc1Cl. The number of hydrogen-bond donors (Lipinski definition) is 1. The van der Waals surface area contributed by atoms with E-state index in [0.717, 1.165) is 16.0 Å². The first-order chi connectivity index (χ1) is 12.8. The lowest BCUT2D eigenvalue weighted by Crippen LogP contribution is -2.54. The molecule has 7 heteroatoms. The highest BCUT2D eigenvalue weighted by Crippen LogP contribution is 2.28. The van der Waals surface area contributed by atoms with Gasteiger partial charge >= 0.3 is 6.03 Å². The van der Waals surface area contributed by atoms with Gasteiger partial charge in [-0.3, -0.25) is 14.9 Å². The predicted octanol–water partition coefficient (Wildman–Crippen LogP) is 3.63. The van der Waals surface area contributed by atoms with E-state index in [2.05, 4.69) is 5.32 Å². The van der Waals surface area contributed by atoms with Gasteiger partial charge in [-0.2, -0.15) is 0 Å². The molecule has 0 atom stereocenters. The van der Waals surface area contributed by atoms with E-state index in [-0.39, 0.29) is 5.57 Å². The molecule has 0 aromatic heterocycles. The predicted molar refractivity (Wildman–Crippen MR) is 103 cm³/mol. The molecule has 1 aliphatic rings. The minimum Gasteiger partial charge on any atom is -0.495 e. The van der Waals surface area contributed by atoms with Gasteiger partial charge in [-0.05, 0) is 60.9 Å². The van der Waals surface area contributed by atoms with Gasteiger partial charge < -0.3 is 4.74 Å². The van der Waals surface area contributed by atoms with Crippen LogP contribution in [0.3, 0.4) is 0 Å². The Morgan fingerprint density at radius 2 is 1.70 bits per heavy atom. The summed E-state index contributed by atoms with van der Waals surface area (Å²) in [5.74, 6) is -0.969. The quantitative estimate of drug-likeness (QED) is 0.647. The number of barbiturate groups is 1. The van der Waals surface area contributed by atoms with Crippen molar-refractivity contribution in [3.8, 4) is 5.75 Å². The Morgan fingerprint density at radius 3 is 2.30 bits per heavy atom. The normalized spacial score (nSPS) is 15.9. The van der Waals surface area contributed by atoms with Crippen LogP contribution in [0.25, 0.3) is 6.08 Å². The molecule has 1 heterocycles. The molecule has 1 N–H and O–H groups in total. The van der Waals surface area contributed by atoms with Crippen molar-refractivity contribution >= 4 is 41.2 Å². The van der Waals surface area contributed by atoms with E-state index in [9.17, 15) is 14.4 Å². The molecule has 4 amide bonds. The lowest BCUT2D eigenvalue weighted by atomic mass is 10.1. The smallest absolute Gasteiger partial charge is 0.335 e. The second-order valence-electron chi connectivity index (χ2n) is 6.20. The highest BCUT2D eigenvalue weighted by Gasteiger charge is 2.36. The molecule has 0 bridgehead atoms. The van der Waals surface area contributed by atoms with E-state index in [1.165, 1.54) is 13.2 Å². The van der Waals surface area contributed by atoms with E-state index in [1.54, 1.807) is 30.3 Å². The number of methoxy groups -OCH3 is 1. The van der Waals surface area contributed by atoms with Crippen LogP contribution in [-0.2, 0) is 9.59 Å². The number of imide groups is 2. The fourth-order valence-electron chi connectivity index (χ4n) is 2.91. The zero-order valence-corrected chi connectivity index (χ0v) is 15.8. The van der Waals surface area contributed by atoms with Crippen molar-refractivity contribution in [1.82, 2.24) is 5.32 Å². The van der Waals surface area contributed by atoms with Crippen molar-refractivity contribution in [1.29, 1.82) is 0 Å². The average molecular weight is 385 g/mol. The number of nitrogens with zero attached hydrogens (tertiary/aromatic N) is 1. The summed E-state index contributed by atoms with van der Waals surface area (Å²) in [4.78, 5) is 38.4. The van der Waals surface area contributed by atoms with Crippen LogP contribution in [0.2, 0.25) is 5.02 Å². The summed E-state index contributed by atoms with van der Waals surface area (Å²) in [6, 6.07) is 9.44. The maximum Gasteiger partial charge on any atom is 0.335 e. The van der Waals surface area contributed by atoms with Gasteiger partial charge in [0.15, 0.2) is 0 Å². The standard InChI is InChI=1S/C20H17ClN2O4/c1-11-6-12(2)8-14(7-11)23-19(25)15(18(24)22-20(23)26)9-13-4-5-17(27-3)16(21)10-13/h4-10H,1-3H3,(H,22,24,26)/b15-9-. The molecule has 1 saturated heterocycles. The number of urea groups is 1. The number of amides is 4. The van der Waals surface area contributed by atoms with E-state index in [1.807, 2.05) is 19.9 Å². The maximum atomic E-state index is 12.9. The van der Waals surface area contributed by atoms with Crippen LogP contribution in [0.5, 0.6) is 5.75 Å². The summed E-state index contributed by atoms with van der Waals surface area (Å²) >= 11 is 6.10. The molecule has 27 heavy (non-hydrogen) atoms. The Bertz CT molecular complexity index is 977. The highest BCUT2D eigenvalue weighted by molar-refractivity contribution is 6.39. The minimum absolute atomic E-state index is 0.157. The number of hydrogen-bond acceptors (Lipinski definition) is 4. The molecule has 2 aromatic rings. The van der Waals surface area contributed by atoms with Crippen LogP contribution >= 0.6 is 11.6 Å². The zero-order valence-electron chi connectivity index (χ0n) is 15.0. The van der Waals surface area contributed by atoms with E-state index < -0.39 is 17.8 Å². The Hall–Kier alpha value is -3.12. The first-order valence-corrected chi connectivity index (χ1v) is 8.51. The largest absolute Gasteiger partial charge is 0.495 e. The van der Waals surface area contributed by atoms with Crippen LogP contribution in [0.1, 0.15) is 16.7 Å². The Morgan fingerprint density at radius 1 is 1.04 bits per heavy atom. The number of rotatable bonds is 3. The molecule has 1 fully saturated rings. The van der Waals surface area contributed by atoms with Crippen molar-refractivity contribution in [2.45, 2.75) is 13.8 Å². The van der Waals surface area contributed by atoms with Crippen LogP contribution in [0.4, 0.5) is 10.5 Å². The van der Waals surface area contributed by atoms with Crippen molar-refractivity contribution in [3.05, 3.63) is 63.7 Å². The molecule has 0 saturated carbocycles. The molecule has 0 aliphatic carbocycles. The Kier molecular flexibility index (Phi) is 5.01. The summed E-state index contributed by atoms with van der Waals surface area (Å²) < 4.78 is 5.09. The fraction of sp³-hybridized carbons (Fsp3) is 0.150. The van der Waals surface area contributed by atoms with Gasteiger partial charge in [0.2, 0.25) is 0 Å². The Labute approximate surface area is 161 Å². The maximum absolute atomic E-state index is 12.9. The lowest BCUT2D eigenvalue weighted by Gasteiger charge is -2.27. The number of carbonyl (C=O) groups excluding carboxylic acids is 3. The van der Waals surface area contributed by atoms with E-state index in [0.29, 0.717) is 22.0 Å². The molecule has 3 rings (SSSR count). The van der Waals surface area contributed by atoms with E-state index >= 15 is 0 Å². The van der Waals surface area contributed by atoms with Crippen LogP contribution in [-0.4, -0.2) is 25.0 Å². The molecule has 138 valence electrons. The van der Waals surface area contributed by atoms with Crippen molar-refractivity contribution in [2.24, 2.45) is 0 Å². The second-order valence-corrected chi connectivity index (χ2v) is 6.60. The molecular formula is C20H17ClN2O4. The molecule has 2 aromatic carbocycles. The topological polar surface area (TPSA) is 75.7 Å². The van der Waals surface area contributed by atoms with Crippen molar-refractivity contribution < 1.29 is 19.1 Å². The summed E-state index contributed by atoms with van der Waals surface area (Å²) in [6.45, 7) is 3.73. The molecule has 0 spiro atoms. The first kappa shape index (κ1) is 18.7. The van der Waals surface area contributed by atoms with Gasteiger partial charge in [0.1, 0.15) is 11.3 Å². The monoisotopic (exact) mass is 384 g/mol. The lowest BCUT2D eigenvalue weighted by molar-refractivity contribution is -0.122. The fourth-order valence-corrected chi connectivity index (χ4v) is 3.18. The number of nitrogens with one attached hydrogen (secondary N) is 1. The third kappa shape index (κ3) is 3.71. The number of benzene rings is 2. The number of ether oxygens (including phenoxy) is 1. The molecule has 6 nitrogen and oxygen atoms in total. The first-order valence-electron chi connectivity index (χ1n) is 8.13. The molecule has 0 unspecified atom stereocenters. The van der Waals surface area contributed by atoms with E-state index in [4.69, 9.17) is 16.3 Å². The van der Waals surface area contributed by atoms with Crippen LogP contribution < -0.4 is 15.0 Å². The van der Waals surface area contributed by atoms with Crippen molar-refractivity contribution in [2.75, 3.05) is 12.0 Å². The third-order valence-electron chi connectivity index (χ3n) is 4.05. The Balaban J connectivity index is 2.03. The van der Waals surface area contributed by atoms with Crippen molar-refractivity contribution in [3.63, 3.8) is 0 Å². The zero-order chi connectivity index (χ0) is 19.7. The number of anilines is 1. The molecular weight excluding hydrogens is 368 g/mol. The van der Waals surface area contributed by atoms with Crippen LogP contribution in [0.15, 0.2) is 42.0 Å². The highest BCUT2D eigenvalue weighted by atomic mass is 35.5. The number of aryl methyl sites for hydroxylation is 2. The number of halogens is 1. The molecule has 1 aliphatic heterocycles. The van der Waals surface area contributed by atoms with Gasteiger partial charge in [0.05, 0.1) is 17.8 Å². The summed E-state index contributed by atoms with van der Waals surface area (Å²) in [6.07, 6.45) is 1.39. The summed E-state index contributed by atoms with van der Waals surface area (Å²) in [5, 5.41) is 2.55. The van der Waals surface area contributed by atoms with Gasteiger partial charge in [-0.25, -0.2) is 9.69 Å². The van der Waals surface area contributed by atoms with Crippen LogP contribution in [0, 0.1) is 13.8 Å². The summed E-state index contributed by atoms with van der Waals surface area (Å²) in [5.41, 5.74) is 2.58. The van der Waals surface area contributed by atoms with Gasteiger partial charge in [0, 0.05) is 0 Å². The van der Waals surface area contributed by atoms with Gasteiger partial charge in [-0.1, -0.05) is 23.7 Å². The van der Waals surface area contributed by atoms with Gasteiger partial charge in [-0.15, -0.1) is 0 Å². The minimum atomic E-state index is -0.778. The van der Waals surface area contributed by atoms with Gasteiger partial charge in [0.25, 0.3) is 11.8 Å². The number of carbonyl (C=O) groups is 3. The molecule has 0 radical (unpaired) electrons. The third-order valence-corrected chi connectivity index (χ3v) is 4.35. The summed E-state index contributed by atoms with van der Waals surface area (Å²) in [7, 11) is 1.49. The second kappa shape index (κ2) is 7.25.